The van der Waals surface area contributed by atoms with E-state index in [4.69, 9.17) is 11.1 Å². The van der Waals surface area contributed by atoms with Gasteiger partial charge in [0.15, 0.2) is 0 Å². The molecule has 78 valence electrons. The molecule has 0 radical (unpaired) electrons. The van der Waals surface area contributed by atoms with Crippen LogP contribution < -0.4 is 5.73 Å². The number of hydrogen-bond donors (Lipinski definition) is 4. The van der Waals surface area contributed by atoms with E-state index in [2.05, 4.69) is 10.2 Å². The predicted molar refractivity (Wildman–Crippen MR) is 57.7 cm³/mol. The monoisotopic (exact) mass is 204 g/mol. The maximum Gasteiger partial charge on any atom is 0.123 e. The van der Waals surface area contributed by atoms with Crippen LogP contribution in [0.4, 0.5) is 0 Å². The highest BCUT2D eigenvalue weighted by Gasteiger charge is 2.12. The van der Waals surface area contributed by atoms with E-state index < -0.39 is 6.10 Å². The standard InChI is InChI=1S/C10H12N4O/c1-5(15)7-3-9-6(4-13-14-9)2-8(7)10(11)12/h2-5,15H,1H3,(H3,11,12)(H,13,14). The van der Waals surface area contributed by atoms with E-state index in [0.717, 1.165) is 10.9 Å². The molecule has 0 saturated heterocycles. The molecule has 2 rings (SSSR count). The van der Waals surface area contributed by atoms with E-state index in [9.17, 15) is 5.11 Å². The lowest BCUT2D eigenvalue weighted by Crippen LogP contribution is -2.14. The van der Waals surface area contributed by atoms with Gasteiger partial charge in [-0.05, 0) is 24.6 Å². The number of aromatic amines is 1. The largest absolute Gasteiger partial charge is 0.389 e. The molecule has 1 heterocycles. The molecular weight excluding hydrogens is 192 g/mol. The van der Waals surface area contributed by atoms with Crippen LogP contribution in [0.3, 0.4) is 0 Å². The van der Waals surface area contributed by atoms with Gasteiger partial charge in [-0.1, -0.05) is 0 Å². The van der Waals surface area contributed by atoms with Crippen molar-refractivity contribution in [1.82, 2.24) is 10.2 Å². The van der Waals surface area contributed by atoms with Gasteiger partial charge in [0.2, 0.25) is 0 Å². The van der Waals surface area contributed by atoms with Crippen molar-refractivity contribution in [3.05, 3.63) is 29.5 Å². The highest BCUT2D eigenvalue weighted by molar-refractivity contribution is 6.00. The lowest BCUT2D eigenvalue weighted by atomic mass is 10.0. The summed E-state index contributed by atoms with van der Waals surface area (Å²) in [6, 6.07) is 3.52. The van der Waals surface area contributed by atoms with Gasteiger partial charge in [0.25, 0.3) is 0 Å². The Hall–Kier alpha value is -1.88. The molecule has 0 aliphatic rings. The molecule has 0 aliphatic heterocycles. The Bertz CT molecular complexity index is 515. The molecule has 0 saturated carbocycles. The Kier molecular flexibility index (Phi) is 2.17. The van der Waals surface area contributed by atoms with Crippen molar-refractivity contribution >= 4 is 16.7 Å². The fourth-order valence-corrected chi connectivity index (χ4v) is 1.59. The number of nitrogens with two attached hydrogens (primary N) is 1. The van der Waals surface area contributed by atoms with Crippen molar-refractivity contribution in [1.29, 1.82) is 5.41 Å². The van der Waals surface area contributed by atoms with E-state index in [1.165, 1.54) is 0 Å². The van der Waals surface area contributed by atoms with Crippen molar-refractivity contribution in [3.63, 3.8) is 0 Å². The van der Waals surface area contributed by atoms with Crippen molar-refractivity contribution < 1.29 is 5.11 Å². The van der Waals surface area contributed by atoms with Crippen LogP contribution in [-0.2, 0) is 0 Å². The zero-order valence-corrected chi connectivity index (χ0v) is 8.28. The van der Waals surface area contributed by atoms with Gasteiger partial charge in [-0.25, -0.2) is 0 Å². The first-order valence-corrected chi connectivity index (χ1v) is 4.59. The molecule has 1 atom stereocenters. The van der Waals surface area contributed by atoms with Crippen LogP contribution in [-0.4, -0.2) is 21.1 Å². The second kappa shape index (κ2) is 3.36. The van der Waals surface area contributed by atoms with Gasteiger partial charge in [0, 0.05) is 10.9 Å². The summed E-state index contributed by atoms with van der Waals surface area (Å²) in [5.41, 5.74) is 7.48. The minimum absolute atomic E-state index is 0.0472. The van der Waals surface area contributed by atoms with Crippen LogP contribution in [0.1, 0.15) is 24.2 Å². The molecule has 5 nitrogen and oxygen atoms in total. The zero-order valence-electron chi connectivity index (χ0n) is 8.28. The van der Waals surface area contributed by atoms with Crippen molar-refractivity contribution in [2.24, 2.45) is 5.73 Å². The SMILES string of the molecule is CC(O)c1cc2[nH]ncc2cc1C(=N)N. The summed E-state index contributed by atoms with van der Waals surface area (Å²) in [6.45, 7) is 1.64. The fourth-order valence-electron chi connectivity index (χ4n) is 1.59. The molecule has 5 heteroatoms. The van der Waals surface area contributed by atoms with E-state index in [1.54, 1.807) is 25.3 Å². The number of hydrogen-bond acceptors (Lipinski definition) is 3. The summed E-state index contributed by atoms with van der Waals surface area (Å²) in [6.07, 6.45) is 1.00. The fraction of sp³-hybridized carbons (Fsp3) is 0.200. The first kappa shape index (κ1) is 9.67. The molecule has 0 amide bonds. The molecule has 15 heavy (non-hydrogen) atoms. The minimum Gasteiger partial charge on any atom is -0.389 e. The number of aromatic nitrogens is 2. The van der Waals surface area contributed by atoms with Gasteiger partial charge in [-0.2, -0.15) is 5.10 Å². The average Bonchev–Trinajstić information content (AvgIpc) is 2.61. The van der Waals surface area contributed by atoms with E-state index in [0.29, 0.717) is 11.1 Å². The van der Waals surface area contributed by atoms with Crippen LogP contribution in [0, 0.1) is 5.41 Å². The van der Waals surface area contributed by atoms with E-state index in [-0.39, 0.29) is 5.84 Å². The molecule has 0 fully saturated rings. The Balaban J connectivity index is 2.73. The highest BCUT2D eigenvalue weighted by Crippen LogP contribution is 2.23. The number of aliphatic hydroxyl groups excluding tert-OH is 1. The normalized spacial score (nSPS) is 12.9. The number of H-pyrrole nitrogens is 1. The molecule has 1 unspecified atom stereocenters. The number of rotatable bonds is 2. The number of benzene rings is 1. The molecular formula is C10H12N4O. The summed E-state index contributed by atoms with van der Waals surface area (Å²) >= 11 is 0. The van der Waals surface area contributed by atoms with Gasteiger partial charge < -0.3 is 10.8 Å². The first-order valence-electron chi connectivity index (χ1n) is 4.59. The third-order valence-corrected chi connectivity index (χ3v) is 2.35. The smallest absolute Gasteiger partial charge is 0.123 e. The molecule has 0 spiro atoms. The second-order valence-corrected chi connectivity index (χ2v) is 3.49. The third-order valence-electron chi connectivity index (χ3n) is 2.35. The number of nitrogens with one attached hydrogen (secondary N) is 2. The van der Waals surface area contributed by atoms with Crippen molar-refractivity contribution in [2.45, 2.75) is 13.0 Å². The van der Waals surface area contributed by atoms with Crippen LogP contribution in [0.2, 0.25) is 0 Å². The molecule has 1 aromatic carbocycles. The Morgan fingerprint density at radius 2 is 2.33 bits per heavy atom. The Morgan fingerprint density at radius 1 is 1.60 bits per heavy atom. The number of amidine groups is 1. The second-order valence-electron chi connectivity index (χ2n) is 3.49. The lowest BCUT2D eigenvalue weighted by molar-refractivity contribution is 0.199. The lowest BCUT2D eigenvalue weighted by Gasteiger charge is -2.10. The van der Waals surface area contributed by atoms with Crippen molar-refractivity contribution in [3.8, 4) is 0 Å². The first-order chi connectivity index (χ1) is 7.09. The summed E-state index contributed by atoms with van der Waals surface area (Å²) < 4.78 is 0. The van der Waals surface area contributed by atoms with Gasteiger partial charge >= 0.3 is 0 Å². The molecule has 0 aliphatic carbocycles. The number of nitrogens with zero attached hydrogens (tertiary/aromatic N) is 1. The van der Waals surface area contributed by atoms with Crippen LogP contribution >= 0.6 is 0 Å². The quantitative estimate of drug-likeness (QED) is 0.432. The molecule has 1 aromatic heterocycles. The van der Waals surface area contributed by atoms with Gasteiger partial charge in [-0.15, -0.1) is 0 Å². The maximum atomic E-state index is 9.56. The highest BCUT2D eigenvalue weighted by atomic mass is 16.3. The summed E-state index contributed by atoms with van der Waals surface area (Å²) in [5.74, 6) is -0.0472. The number of nitrogen functional groups attached to an aromatic ring is 1. The molecule has 0 bridgehead atoms. The van der Waals surface area contributed by atoms with Gasteiger partial charge in [0.05, 0.1) is 17.8 Å². The Morgan fingerprint density at radius 3 is 2.93 bits per heavy atom. The van der Waals surface area contributed by atoms with E-state index in [1.807, 2.05) is 0 Å². The minimum atomic E-state index is -0.656. The number of aliphatic hydroxyl groups is 1. The molecule has 5 N–H and O–H groups in total. The summed E-state index contributed by atoms with van der Waals surface area (Å²) in [5, 5.41) is 24.6. The maximum absolute atomic E-state index is 9.56. The zero-order chi connectivity index (χ0) is 11.0. The van der Waals surface area contributed by atoms with Crippen LogP contribution in [0.25, 0.3) is 10.9 Å². The van der Waals surface area contributed by atoms with E-state index >= 15 is 0 Å². The predicted octanol–water partition coefficient (Wildman–Crippen LogP) is 0.900. The summed E-state index contributed by atoms with van der Waals surface area (Å²) in [4.78, 5) is 0. The summed E-state index contributed by atoms with van der Waals surface area (Å²) in [7, 11) is 0. The van der Waals surface area contributed by atoms with Gasteiger partial charge in [0.1, 0.15) is 5.84 Å². The van der Waals surface area contributed by atoms with Crippen LogP contribution in [0.15, 0.2) is 18.3 Å². The Labute approximate surface area is 86.4 Å². The van der Waals surface area contributed by atoms with Gasteiger partial charge in [-0.3, -0.25) is 10.5 Å². The van der Waals surface area contributed by atoms with Crippen LogP contribution in [0.5, 0.6) is 0 Å². The number of fused-ring (bicyclic) bond motifs is 1. The average molecular weight is 204 g/mol. The third kappa shape index (κ3) is 1.57. The van der Waals surface area contributed by atoms with Crippen molar-refractivity contribution in [2.75, 3.05) is 0 Å². The molecule has 2 aromatic rings. The topological polar surface area (TPSA) is 98.8 Å².